The van der Waals surface area contributed by atoms with Gasteiger partial charge in [-0.05, 0) is 26.1 Å². The maximum Gasteiger partial charge on any atom is 0.279 e. The first-order valence-corrected chi connectivity index (χ1v) is 11.2. The van der Waals surface area contributed by atoms with Gasteiger partial charge in [0.05, 0.1) is 23.1 Å². The first kappa shape index (κ1) is 20.6. The molecule has 32 heavy (non-hydrogen) atoms. The van der Waals surface area contributed by atoms with E-state index in [0.29, 0.717) is 29.0 Å². The van der Waals surface area contributed by atoms with E-state index in [4.69, 9.17) is 4.98 Å². The molecule has 0 aromatic carbocycles. The molecule has 2 aliphatic heterocycles. The van der Waals surface area contributed by atoms with E-state index < -0.39 is 0 Å². The standard InChI is InChI=1S/C21H25N9OS/c1-13-24-17-19(31)28(3)15-12-23-21(26-18(15)29(4)20(17)32-13)25-16-6-5-14(11-22-16)30-9-7-27(2)8-10-30/h5-6,11-12H,7-10H2,1-4H3,(H,22,23,25,26). The molecule has 3 aromatic heterocycles. The number of piperazine rings is 1. The Morgan fingerprint density at radius 1 is 0.969 bits per heavy atom. The van der Waals surface area contributed by atoms with Gasteiger partial charge in [-0.2, -0.15) is 4.98 Å². The average molecular weight is 452 g/mol. The minimum Gasteiger partial charge on any atom is -0.368 e. The number of thiazole rings is 1. The molecule has 1 saturated heterocycles. The Kier molecular flexibility index (Phi) is 5.14. The van der Waals surface area contributed by atoms with Gasteiger partial charge in [0.2, 0.25) is 5.95 Å². The molecular weight excluding hydrogens is 426 g/mol. The molecule has 166 valence electrons. The van der Waals surface area contributed by atoms with Crippen LogP contribution < -0.4 is 20.0 Å². The number of carbonyl (C=O) groups is 1. The summed E-state index contributed by atoms with van der Waals surface area (Å²) in [5, 5.41) is 4.80. The molecule has 0 bridgehead atoms. The molecule has 0 unspecified atom stereocenters. The molecule has 1 amide bonds. The van der Waals surface area contributed by atoms with Crippen LogP contribution in [-0.2, 0) is 0 Å². The van der Waals surface area contributed by atoms with E-state index in [1.165, 1.54) is 11.3 Å². The Bertz CT molecular complexity index is 1150. The molecule has 2 aliphatic rings. The molecule has 5 rings (SSSR count). The molecule has 0 radical (unpaired) electrons. The SMILES string of the molecule is Cc1nc2c(s1)N(C)c1nc(Nc3ccc(N4CCN(C)CC4)cn3)ncc1N(C)C2=O. The van der Waals surface area contributed by atoms with Crippen molar-refractivity contribution < 1.29 is 4.79 Å². The van der Waals surface area contributed by atoms with Gasteiger partial charge in [0.15, 0.2) is 11.5 Å². The predicted molar refractivity (Wildman–Crippen MR) is 127 cm³/mol. The van der Waals surface area contributed by atoms with Gasteiger partial charge >= 0.3 is 0 Å². The highest BCUT2D eigenvalue weighted by atomic mass is 32.1. The van der Waals surface area contributed by atoms with Crippen molar-refractivity contribution in [3.8, 4) is 0 Å². The number of likely N-dealkylation sites (N-methyl/N-ethyl adjacent to an activating group) is 1. The third kappa shape index (κ3) is 3.63. The lowest BCUT2D eigenvalue weighted by Gasteiger charge is -2.33. The molecule has 1 N–H and O–H groups in total. The number of nitrogens with zero attached hydrogens (tertiary/aromatic N) is 8. The third-order valence-corrected chi connectivity index (χ3v) is 6.86. The van der Waals surface area contributed by atoms with Crippen molar-refractivity contribution in [2.45, 2.75) is 6.92 Å². The quantitative estimate of drug-likeness (QED) is 0.644. The van der Waals surface area contributed by atoms with Gasteiger partial charge in [0, 0.05) is 40.3 Å². The number of hydrogen-bond acceptors (Lipinski definition) is 10. The maximum absolute atomic E-state index is 12.9. The van der Waals surface area contributed by atoms with Crippen LogP contribution in [0, 0.1) is 6.92 Å². The zero-order chi connectivity index (χ0) is 22.4. The topological polar surface area (TPSA) is 93.6 Å². The molecule has 1 fully saturated rings. The predicted octanol–water partition coefficient (Wildman–Crippen LogP) is 2.49. The van der Waals surface area contributed by atoms with E-state index in [9.17, 15) is 4.79 Å². The number of hydrogen-bond donors (Lipinski definition) is 1. The molecule has 0 aliphatic carbocycles. The second-order valence-corrected chi connectivity index (χ2v) is 9.21. The summed E-state index contributed by atoms with van der Waals surface area (Å²) in [7, 11) is 5.75. The normalized spacial score (nSPS) is 16.6. The molecule has 0 saturated carbocycles. The van der Waals surface area contributed by atoms with Gasteiger partial charge in [-0.15, -0.1) is 11.3 Å². The molecule has 3 aromatic rings. The van der Waals surface area contributed by atoms with Crippen molar-refractivity contribution in [1.82, 2.24) is 24.8 Å². The largest absolute Gasteiger partial charge is 0.368 e. The molecule has 11 heteroatoms. The highest BCUT2D eigenvalue weighted by Crippen LogP contribution is 2.40. The number of rotatable bonds is 3. The van der Waals surface area contributed by atoms with Crippen molar-refractivity contribution in [2.75, 3.05) is 67.3 Å². The summed E-state index contributed by atoms with van der Waals surface area (Å²) in [6.07, 6.45) is 3.53. The van der Waals surface area contributed by atoms with E-state index in [-0.39, 0.29) is 5.91 Å². The summed E-state index contributed by atoms with van der Waals surface area (Å²) in [5.74, 6) is 1.55. The van der Waals surface area contributed by atoms with Crippen molar-refractivity contribution >= 4 is 51.2 Å². The lowest BCUT2D eigenvalue weighted by Crippen LogP contribution is -2.44. The Morgan fingerprint density at radius 2 is 1.75 bits per heavy atom. The number of amides is 1. The number of aromatic nitrogens is 4. The maximum atomic E-state index is 12.9. The first-order chi connectivity index (χ1) is 15.4. The molecule has 0 spiro atoms. The van der Waals surface area contributed by atoms with E-state index in [0.717, 1.165) is 41.9 Å². The average Bonchev–Trinajstić information content (AvgIpc) is 3.17. The van der Waals surface area contributed by atoms with Crippen molar-refractivity contribution in [3.05, 3.63) is 35.2 Å². The number of nitrogens with one attached hydrogen (secondary N) is 1. The van der Waals surface area contributed by atoms with Crippen LogP contribution in [0.2, 0.25) is 0 Å². The van der Waals surface area contributed by atoms with Crippen LogP contribution in [0.25, 0.3) is 0 Å². The second-order valence-electron chi connectivity index (χ2n) is 8.03. The van der Waals surface area contributed by atoms with E-state index >= 15 is 0 Å². The van der Waals surface area contributed by atoms with E-state index in [2.05, 4.69) is 43.2 Å². The number of pyridine rings is 1. The van der Waals surface area contributed by atoms with Crippen LogP contribution in [0.3, 0.4) is 0 Å². The lowest BCUT2D eigenvalue weighted by molar-refractivity contribution is 0.0990. The highest BCUT2D eigenvalue weighted by molar-refractivity contribution is 7.16. The van der Waals surface area contributed by atoms with Crippen LogP contribution in [-0.4, -0.2) is 78.1 Å². The third-order valence-electron chi connectivity index (χ3n) is 5.81. The minimum atomic E-state index is -0.166. The van der Waals surface area contributed by atoms with Gasteiger partial charge in [-0.25, -0.2) is 15.0 Å². The number of anilines is 6. The van der Waals surface area contributed by atoms with Crippen LogP contribution in [0.5, 0.6) is 0 Å². The second kappa shape index (κ2) is 7.99. The summed E-state index contributed by atoms with van der Waals surface area (Å²) < 4.78 is 0. The molecule has 0 atom stereocenters. The summed E-state index contributed by atoms with van der Waals surface area (Å²) in [6, 6.07) is 4.00. The van der Waals surface area contributed by atoms with E-state index in [1.807, 2.05) is 31.1 Å². The van der Waals surface area contributed by atoms with Crippen LogP contribution >= 0.6 is 11.3 Å². The van der Waals surface area contributed by atoms with E-state index in [1.54, 1.807) is 18.1 Å². The zero-order valence-corrected chi connectivity index (χ0v) is 19.3. The van der Waals surface area contributed by atoms with Crippen LogP contribution in [0.15, 0.2) is 24.5 Å². The minimum absolute atomic E-state index is 0.166. The van der Waals surface area contributed by atoms with Gasteiger partial charge in [0.1, 0.15) is 16.5 Å². The van der Waals surface area contributed by atoms with Crippen LogP contribution in [0.1, 0.15) is 15.5 Å². The Balaban J connectivity index is 1.39. The Labute approximate surface area is 190 Å². The molecular formula is C21H25N9OS. The summed E-state index contributed by atoms with van der Waals surface area (Å²) in [5.41, 5.74) is 2.18. The van der Waals surface area contributed by atoms with Crippen molar-refractivity contribution in [1.29, 1.82) is 0 Å². The monoisotopic (exact) mass is 451 g/mol. The number of aryl methyl sites for hydroxylation is 1. The van der Waals surface area contributed by atoms with Crippen LogP contribution in [0.4, 0.5) is 34.0 Å². The van der Waals surface area contributed by atoms with Gasteiger partial charge < -0.3 is 24.9 Å². The van der Waals surface area contributed by atoms with Crippen molar-refractivity contribution in [2.24, 2.45) is 0 Å². The summed E-state index contributed by atoms with van der Waals surface area (Å²) in [4.78, 5) is 39.1. The number of carbonyl (C=O) groups excluding carboxylic acids is 1. The number of fused-ring (bicyclic) bond motifs is 2. The lowest BCUT2D eigenvalue weighted by atomic mass is 10.3. The Morgan fingerprint density at radius 3 is 2.47 bits per heavy atom. The fourth-order valence-corrected chi connectivity index (χ4v) is 4.75. The fraction of sp³-hybridized carbons (Fsp3) is 0.381. The van der Waals surface area contributed by atoms with Crippen molar-refractivity contribution in [3.63, 3.8) is 0 Å². The molecule has 5 heterocycles. The van der Waals surface area contributed by atoms with Gasteiger partial charge in [-0.3, -0.25) is 4.79 Å². The molecule has 10 nitrogen and oxygen atoms in total. The highest BCUT2D eigenvalue weighted by Gasteiger charge is 2.32. The first-order valence-electron chi connectivity index (χ1n) is 10.4. The van der Waals surface area contributed by atoms with Gasteiger partial charge in [0.25, 0.3) is 5.91 Å². The smallest absolute Gasteiger partial charge is 0.279 e. The van der Waals surface area contributed by atoms with Gasteiger partial charge in [-0.1, -0.05) is 0 Å². The Hall–Kier alpha value is -3.31. The summed E-state index contributed by atoms with van der Waals surface area (Å²) >= 11 is 1.47. The summed E-state index contributed by atoms with van der Waals surface area (Å²) in [6.45, 7) is 5.99. The zero-order valence-electron chi connectivity index (χ0n) is 18.5. The fourth-order valence-electron chi connectivity index (χ4n) is 3.88.